The van der Waals surface area contributed by atoms with E-state index in [1.807, 2.05) is 32.2 Å². The van der Waals surface area contributed by atoms with Crippen LogP contribution in [0, 0.1) is 0 Å². The number of rotatable bonds is 3. The van der Waals surface area contributed by atoms with Crippen LogP contribution in [0.1, 0.15) is 25.6 Å². The molecule has 74 valence electrons. The molecule has 3 N–H and O–H groups in total. The predicted molar refractivity (Wildman–Crippen MR) is 56.4 cm³/mol. The number of nitrogen functional groups attached to an aromatic ring is 1. The van der Waals surface area contributed by atoms with E-state index in [0.717, 1.165) is 10.6 Å². The highest BCUT2D eigenvalue weighted by atomic mass is 32.1. The first-order chi connectivity index (χ1) is 5.99. The SMILES string of the molecule is CC(C)(C)ONCc1sccc1N. The molecule has 1 heterocycles. The van der Waals surface area contributed by atoms with Gasteiger partial charge in [0.2, 0.25) is 0 Å². The average Bonchev–Trinajstić information content (AvgIpc) is 2.34. The molecule has 1 rings (SSSR count). The van der Waals surface area contributed by atoms with Crippen LogP contribution in [-0.4, -0.2) is 5.60 Å². The van der Waals surface area contributed by atoms with Gasteiger partial charge in [-0.3, -0.25) is 4.84 Å². The molecule has 3 nitrogen and oxygen atoms in total. The van der Waals surface area contributed by atoms with E-state index in [1.54, 1.807) is 11.3 Å². The summed E-state index contributed by atoms with van der Waals surface area (Å²) < 4.78 is 0. The highest BCUT2D eigenvalue weighted by molar-refractivity contribution is 7.10. The first-order valence-corrected chi connectivity index (χ1v) is 5.10. The van der Waals surface area contributed by atoms with Crippen molar-refractivity contribution in [3.63, 3.8) is 0 Å². The number of hydrogen-bond acceptors (Lipinski definition) is 4. The Morgan fingerprint density at radius 2 is 2.23 bits per heavy atom. The van der Waals surface area contributed by atoms with Gasteiger partial charge in [-0.2, -0.15) is 5.48 Å². The van der Waals surface area contributed by atoms with Crippen molar-refractivity contribution in [1.82, 2.24) is 5.48 Å². The Hall–Kier alpha value is -0.580. The molecular formula is C9H16N2OS. The fraction of sp³-hybridized carbons (Fsp3) is 0.556. The fourth-order valence-electron chi connectivity index (χ4n) is 0.812. The third-order valence-corrected chi connectivity index (χ3v) is 2.33. The monoisotopic (exact) mass is 200 g/mol. The summed E-state index contributed by atoms with van der Waals surface area (Å²) in [4.78, 5) is 6.47. The van der Waals surface area contributed by atoms with E-state index in [1.165, 1.54) is 0 Å². The summed E-state index contributed by atoms with van der Waals surface area (Å²) in [7, 11) is 0. The van der Waals surface area contributed by atoms with Crippen molar-refractivity contribution in [3.8, 4) is 0 Å². The van der Waals surface area contributed by atoms with Gasteiger partial charge in [0.25, 0.3) is 0 Å². The Balaban J connectivity index is 2.32. The van der Waals surface area contributed by atoms with Crippen molar-refractivity contribution >= 4 is 17.0 Å². The van der Waals surface area contributed by atoms with Gasteiger partial charge in [0.1, 0.15) is 0 Å². The summed E-state index contributed by atoms with van der Waals surface area (Å²) in [5.74, 6) is 0. The first kappa shape index (κ1) is 10.5. The maximum absolute atomic E-state index is 5.71. The lowest BCUT2D eigenvalue weighted by molar-refractivity contribution is -0.0753. The second kappa shape index (κ2) is 4.09. The van der Waals surface area contributed by atoms with Gasteiger partial charge >= 0.3 is 0 Å². The van der Waals surface area contributed by atoms with Gasteiger partial charge < -0.3 is 5.73 Å². The zero-order valence-electron chi connectivity index (χ0n) is 8.26. The molecule has 0 amide bonds. The zero-order chi connectivity index (χ0) is 9.90. The van der Waals surface area contributed by atoms with Crippen LogP contribution in [0.15, 0.2) is 11.4 Å². The molecule has 0 saturated heterocycles. The van der Waals surface area contributed by atoms with Crippen LogP contribution in [0.5, 0.6) is 0 Å². The summed E-state index contributed by atoms with van der Waals surface area (Å²) in [6.45, 7) is 6.66. The molecule has 0 unspecified atom stereocenters. The second-order valence-electron chi connectivity index (χ2n) is 3.83. The summed E-state index contributed by atoms with van der Waals surface area (Å²) in [5.41, 5.74) is 9.27. The van der Waals surface area contributed by atoms with E-state index in [9.17, 15) is 0 Å². The molecule has 0 atom stereocenters. The fourth-order valence-corrected chi connectivity index (χ4v) is 1.54. The third-order valence-electron chi connectivity index (χ3n) is 1.39. The summed E-state index contributed by atoms with van der Waals surface area (Å²) in [6, 6.07) is 1.90. The minimum Gasteiger partial charge on any atom is -0.398 e. The molecular weight excluding hydrogens is 184 g/mol. The van der Waals surface area contributed by atoms with E-state index in [4.69, 9.17) is 10.6 Å². The van der Waals surface area contributed by atoms with E-state index in [0.29, 0.717) is 6.54 Å². The quantitative estimate of drug-likeness (QED) is 0.735. The minimum atomic E-state index is -0.161. The summed E-state index contributed by atoms with van der Waals surface area (Å²) in [6.07, 6.45) is 0. The third kappa shape index (κ3) is 3.76. The standard InChI is InChI=1S/C9H16N2OS/c1-9(2,3)12-11-6-8-7(10)4-5-13-8/h4-5,11H,6,10H2,1-3H3. The van der Waals surface area contributed by atoms with Gasteiger partial charge in [0, 0.05) is 10.6 Å². The van der Waals surface area contributed by atoms with E-state index in [-0.39, 0.29) is 5.60 Å². The molecule has 0 aliphatic carbocycles. The highest BCUT2D eigenvalue weighted by Gasteiger charge is 2.10. The molecule has 1 aromatic rings. The zero-order valence-corrected chi connectivity index (χ0v) is 9.07. The van der Waals surface area contributed by atoms with Crippen molar-refractivity contribution in [2.24, 2.45) is 0 Å². The molecule has 0 bridgehead atoms. The highest BCUT2D eigenvalue weighted by Crippen LogP contribution is 2.18. The van der Waals surface area contributed by atoms with Crippen molar-refractivity contribution in [1.29, 1.82) is 0 Å². The smallest absolute Gasteiger partial charge is 0.0813 e. The number of nitrogens with one attached hydrogen (secondary N) is 1. The van der Waals surface area contributed by atoms with Gasteiger partial charge in [-0.25, -0.2) is 0 Å². The van der Waals surface area contributed by atoms with E-state index >= 15 is 0 Å². The lowest BCUT2D eigenvalue weighted by Gasteiger charge is -2.19. The molecule has 0 spiro atoms. The molecule has 0 aromatic carbocycles. The summed E-state index contributed by atoms with van der Waals surface area (Å²) >= 11 is 1.63. The van der Waals surface area contributed by atoms with Gasteiger partial charge in [0.15, 0.2) is 0 Å². The van der Waals surface area contributed by atoms with Gasteiger partial charge in [-0.1, -0.05) is 0 Å². The van der Waals surface area contributed by atoms with Gasteiger partial charge in [-0.15, -0.1) is 11.3 Å². The Morgan fingerprint density at radius 3 is 2.69 bits per heavy atom. The molecule has 0 radical (unpaired) electrons. The average molecular weight is 200 g/mol. The van der Waals surface area contributed by atoms with Crippen molar-refractivity contribution in [3.05, 3.63) is 16.3 Å². The lowest BCUT2D eigenvalue weighted by Crippen LogP contribution is -2.28. The van der Waals surface area contributed by atoms with E-state index in [2.05, 4.69) is 5.48 Å². The second-order valence-corrected chi connectivity index (χ2v) is 4.84. The van der Waals surface area contributed by atoms with Gasteiger partial charge in [0.05, 0.1) is 12.1 Å². The van der Waals surface area contributed by atoms with Crippen LogP contribution in [0.25, 0.3) is 0 Å². The van der Waals surface area contributed by atoms with Crippen LogP contribution < -0.4 is 11.2 Å². The van der Waals surface area contributed by atoms with Crippen LogP contribution in [0.2, 0.25) is 0 Å². The number of anilines is 1. The molecule has 1 aromatic heterocycles. The van der Waals surface area contributed by atoms with Crippen LogP contribution in [-0.2, 0) is 11.4 Å². The minimum absolute atomic E-state index is 0.161. The van der Waals surface area contributed by atoms with Crippen LogP contribution in [0.3, 0.4) is 0 Å². The molecule has 13 heavy (non-hydrogen) atoms. The molecule has 0 aliphatic rings. The topological polar surface area (TPSA) is 47.3 Å². The maximum Gasteiger partial charge on any atom is 0.0813 e. The molecule has 0 saturated carbocycles. The molecule has 0 fully saturated rings. The van der Waals surface area contributed by atoms with Crippen LogP contribution >= 0.6 is 11.3 Å². The van der Waals surface area contributed by atoms with Crippen molar-refractivity contribution in [2.75, 3.05) is 5.73 Å². The van der Waals surface area contributed by atoms with Gasteiger partial charge in [-0.05, 0) is 32.2 Å². The van der Waals surface area contributed by atoms with Crippen molar-refractivity contribution < 1.29 is 4.84 Å². The predicted octanol–water partition coefficient (Wildman–Crippen LogP) is 2.15. The number of hydrogen-bond donors (Lipinski definition) is 2. The van der Waals surface area contributed by atoms with E-state index < -0.39 is 0 Å². The first-order valence-electron chi connectivity index (χ1n) is 4.22. The number of nitrogens with two attached hydrogens (primary N) is 1. The largest absolute Gasteiger partial charge is 0.398 e. The maximum atomic E-state index is 5.71. The van der Waals surface area contributed by atoms with Crippen LogP contribution in [0.4, 0.5) is 5.69 Å². The lowest BCUT2D eigenvalue weighted by atomic mass is 10.2. The Bertz CT molecular complexity index is 265. The molecule has 0 aliphatic heterocycles. The number of thiophene rings is 1. The Labute approximate surface area is 82.9 Å². The molecule has 4 heteroatoms. The summed E-state index contributed by atoms with van der Waals surface area (Å²) in [5, 5.41) is 1.98. The normalized spacial score (nSPS) is 11.9. The van der Waals surface area contributed by atoms with Crippen molar-refractivity contribution in [2.45, 2.75) is 32.9 Å². The Morgan fingerprint density at radius 1 is 1.54 bits per heavy atom. The Kier molecular flexibility index (Phi) is 3.30. The number of hydroxylamine groups is 1.